The second kappa shape index (κ2) is 4.14. The number of nitrogens with zero attached hydrogens (tertiary/aromatic N) is 3. The van der Waals surface area contributed by atoms with Crippen molar-refractivity contribution in [2.24, 2.45) is 0 Å². The van der Waals surface area contributed by atoms with E-state index in [-0.39, 0.29) is 0 Å². The molecule has 0 unspecified atom stereocenters. The fourth-order valence-electron chi connectivity index (χ4n) is 2.21. The van der Waals surface area contributed by atoms with Gasteiger partial charge in [-0.1, -0.05) is 25.1 Å². The molecule has 3 rings (SSSR count). The number of nitrogens with two attached hydrogens (primary N) is 1. The lowest BCUT2D eigenvalue weighted by Crippen LogP contribution is -2.04. The van der Waals surface area contributed by atoms with Crippen LogP contribution in [0.2, 0.25) is 0 Å². The maximum atomic E-state index is 6.09. The molecule has 0 aliphatic carbocycles. The summed E-state index contributed by atoms with van der Waals surface area (Å²) in [5.74, 6) is 0.998. The van der Waals surface area contributed by atoms with Crippen molar-refractivity contribution >= 4 is 16.6 Å². The van der Waals surface area contributed by atoms with Crippen LogP contribution in [0.4, 0.5) is 5.69 Å². The largest absolute Gasteiger partial charge is 0.396 e. The van der Waals surface area contributed by atoms with Gasteiger partial charge in [0.1, 0.15) is 5.82 Å². The number of imidazole rings is 1. The Kier molecular flexibility index (Phi) is 2.48. The number of pyridine rings is 1. The van der Waals surface area contributed by atoms with Crippen LogP contribution in [0.3, 0.4) is 0 Å². The van der Waals surface area contributed by atoms with Gasteiger partial charge in [0.05, 0.1) is 23.1 Å². The normalized spacial score (nSPS) is 10.9. The van der Waals surface area contributed by atoms with Gasteiger partial charge in [-0.3, -0.25) is 4.98 Å². The average Bonchev–Trinajstić information content (AvgIpc) is 2.86. The fourth-order valence-corrected chi connectivity index (χ4v) is 2.21. The highest BCUT2D eigenvalue weighted by Crippen LogP contribution is 2.27. The number of hydrogen-bond donors (Lipinski definition) is 1. The van der Waals surface area contributed by atoms with Gasteiger partial charge in [-0.05, 0) is 6.07 Å². The molecule has 4 heteroatoms. The van der Waals surface area contributed by atoms with Crippen molar-refractivity contribution in [2.45, 2.75) is 13.3 Å². The Bertz CT molecular complexity index is 700. The third kappa shape index (κ3) is 1.54. The fraction of sp³-hybridized carbons (Fsp3) is 0.143. The Morgan fingerprint density at radius 1 is 1.22 bits per heavy atom. The predicted molar refractivity (Wildman–Crippen MR) is 72.7 cm³/mol. The summed E-state index contributed by atoms with van der Waals surface area (Å²) in [5, 5.41) is 1.05. The molecule has 4 nitrogen and oxygen atoms in total. The smallest absolute Gasteiger partial charge is 0.112 e. The van der Waals surface area contributed by atoms with Crippen LogP contribution in [0, 0.1) is 0 Å². The van der Waals surface area contributed by atoms with Crippen LogP contribution in [0.1, 0.15) is 12.7 Å². The van der Waals surface area contributed by atoms with E-state index in [0.29, 0.717) is 5.69 Å². The highest BCUT2D eigenvalue weighted by molar-refractivity contribution is 5.92. The van der Waals surface area contributed by atoms with Crippen LogP contribution in [0.5, 0.6) is 0 Å². The van der Waals surface area contributed by atoms with E-state index in [4.69, 9.17) is 5.73 Å². The molecule has 0 aliphatic rings. The van der Waals surface area contributed by atoms with Crippen LogP contribution in [-0.2, 0) is 6.42 Å². The van der Waals surface area contributed by atoms with Crippen molar-refractivity contribution < 1.29 is 0 Å². The molecule has 2 heterocycles. The van der Waals surface area contributed by atoms with Gasteiger partial charge in [-0.25, -0.2) is 4.98 Å². The molecule has 0 saturated heterocycles. The molecule has 18 heavy (non-hydrogen) atoms. The number of para-hydroxylation sites is 1. The van der Waals surface area contributed by atoms with Crippen molar-refractivity contribution in [3.8, 4) is 5.69 Å². The SMILES string of the molecule is CCc1nccn1-c1c(N)cnc2ccccc12. The van der Waals surface area contributed by atoms with Gasteiger partial charge in [0.15, 0.2) is 0 Å². The third-order valence-electron chi connectivity index (χ3n) is 3.05. The van der Waals surface area contributed by atoms with Crippen LogP contribution in [0.15, 0.2) is 42.9 Å². The van der Waals surface area contributed by atoms with Gasteiger partial charge in [-0.2, -0.15) is 0 Å². The second-order valence-corrected chi connectivity index (χ2v) is 4.15. The number of rotatable bonds is 2. The Morgan fingerprint density at radius 3 is 2.89 bits per heavy atom. The first-order valence-electron chi connectivity index (χ1n) is 5.97. The highest BCUT2D eigenvalue weighted by atomic mass is 15.1. The first-order valence-corrected chi connectivity index (χ1v) is 5.97. The Hall–Kier alpha value is -2.36. The number of nitrogen functional groups attached to an aromatic ring is 1. The Morgan fingerprint density at radius 2 is 2.06 bits per heavy atom. The lowest BCUT2D eigenvalue weighted by atomic mass is 10.1. The number of anilines is 1. The van der Waals surface area contributed by atoms with E-state index in [9.17, 15) is 0 Å². The Balaban J connectivity index is 2.37. The first-order chi connectivity index (χ1) is 8.81. The second-order valence-electron chi connectivity index (χ2n) is 4.15. The molecule has 0 fully saturated rings. The van der Waals surface area contributed by atoms with E-state index in [1.165, 1.54) is 0 Å². The molecule has 0 saturated carbocycles. The molecule has 0 amide bonds. The van der Waals surface area contributed by atoms with Crippen LogP contribution < -0.4 is 5.73 Å². The maximum Gasteiger partial charge on any atom is 0.112 e. The molecule has 2 aromatic heterocycles. The van der Waals surface area contributed by atoms with Crippen LogP contribution in [0.25, 0.3) is 16.6 Å². The topological polar surface area (TPSA) is 56.7 Å². The maximum absolute atomic E-state index is 6.09. The summed E-state index contributed by atoms with van der Waals surface area (Å²) in [5.41, 5.74) is 8.67. The summed E-state index contributed by atoms with van der Waals surface area (Å²) in [6.45, 7) is 2.08. The summed E-state index contributed by atoms with van der Waals surface area (Å²) in [7, 11) is 0. The van der Waals surface area contributed by atoms with E-state index >= 15 is 0 Å². The van der Waals surface area contributed by atoms with Gasteiger partial charge in [-0.15, -0.1) is 0 Å². The minimum Gasteiger partial charge on any atom is -0.396 e. The monoisotopic (exact) mass is 238 g/mol. The molecule has 0 spiro atoms. The number of benzene rings is 1. The van der Waals surface area contributed by atoms with Crippen molar-refractivity contribution in [3.63, 3.8) is 0 Å². The standard InChI is InChI=1S/C14H14N4/c1-2-13-16-7-8-18(13)14-10-5-3-4-6-12(10)17-9-11(14)15/h3-9H,2,15H2,1H3. The van der Waals surface area contributed by atoms with Crippen molar-refractivity contribution in [3.05, 3.63) is 48.7 Å². The molecular weight excluding hydrogens is 224 g/mol. The van der Waals surface area contributed by atoms with Gasteiger partial charge >= 0.3 is 0 Å². The molecule has 0 aliphatic heterocycles. The summed E-state index contributed by atoms with van der Waals surface area (Å²) in [6.07, 6.45) is 6.31. The quantitative estimate of drug-likeness (QED) is 0.746. The van der Waals surface area contributed by atoms with E-state index in [1.807, 2.05) is 35.0 Å². The molecule has 3 aromatic rings. The van der Waals surface area contributed by atoms with Crippen LogP contribution >= 0.6 is 0 Å². The summed E-state index contributed by atoms with van der Waals surface area (Å²) >= 11 is 0. The number of fused-ring (bicyclic) bond motifs is 1. The summed E-state index contributed by atoms with van der Waals surface area (Å²) < 4.78 is 2.04. The minimum atomic E-state index is 0.668. The molecule has 1 aromatic carbocycles. The highest BCUT2D eigenvalue weighted by Gasteiger charge is 2.11. The van der Waals surface area contributed by atoms with Gasteiger partial charge in [0, 0.05) is 24.2 Å². The van der Waals surface area contributed by atoms with E-state index in [1.54, 1.807) is 12.4 Å². The Labute approximate surface area is 105 Å². The first kappa shape index (κ1) is 10.8. The predicted octanol–water partition coefficient (Wildman–Crippen LogP) is 2.57. The molecular formula is C14H14N4. The van der Waals surface area contributed by atoms with Gasteiger partial charge in [0.2, 0.25) is 0 Å². The summed E-state index contributed by atoms with van der Waals surface area (Å²) in [6, 6.07) is 7.99. The van der Waals surface area contributed by atoms with E-state index in [0.717, 1.165) is 28.8 Å². The summed E-state index contributed by atoms with van der Waals surface area (Å²) in [4.78, 5) is 8.69. The zero-order valence-electron chi connectivity index (χ0n) is 10.2. The zero-order chi connectivity index (χ0) is 12.5. The molecule has 0 bridgehead atoms. The van der Waals surface area contributed by atoms with Gasteiger partial charge in [0.25, 0.3) is 0 Å². The van der Waals surface area contributed by atoms with Crippen molar-refractivity contribution in [1.82, 2.24) is 14.5 Å². The molecule has 2 N–H and O–H groups in total. The van der Waals surface area contributed by atoms with E-state index < -0.39 is 0 Å². The van der Waals surface area contributed by atoms with E-state index in [2.05, 4.69) is 16.9 Å². The van der Waals surface area contributed by atoms with Gasteiger partial charge < -0.3 is 10.3 Å². The third-order valence-corrected chi connectivity index (χ3v) is 3.05. The molecule has 0 atom stereocenters. The molecule has 0 radical (unpaired) electrons. The van der Waals surface area contributed by atoms with Crippen LogP contribution in [-0.4, -0.2) is 14.5 Å². The molecule has 90 valence electrons. The minimum absolute atomic E-state index is 0.668. The lowest BCUT2D eigenvalue weighted by molar-refractivity contribution is 0.896. The number of hydrogen-bond acceptors (Lipinski definition) is 3. The number of aryl methyl sites for hydroxylation is 1. The van der Waals surface area contributed by atoms with Crippen molar-refractivity contribution in [1.29, 1.82) is 0 Å². The zero-order valence-corrected chi connectivity index (χ0v) is 10.2. The van der Waals surface area contributed by atoms with Crippen molar-refractivity contribution in [2.75, 3.05) is 5.73 Å². The average molecular weight is 238 g/mol. The number of aromatic nitrogens is 3. The lowest BCUT2D eigenvalue weighted by Gasteiger charge is -2.12.